The van der Waals surface area contributed by atoms with Crippen LogP contribution in [0.1, 0.15) is 18.9 Å². The average molecular weight is 451 g/mol. The van der Waals surface area contributed by atoms with Crippen molar-refractivity contribution < 1.29 is 21.9 Å². The fourth-order valence-electron chi connectivity index (χ4n) is 2.69. The molecule has 2 aromatic heterocycles. The lowest BCUT2D eigenvalue weighted by Gasteiger charge is -2.11. The number of aryl methyl sites for hydroxylation is 2. The van der Waals surface area contributed by atoms with E-state index in [0.717, 1.165) is 12.1 Å². The van der Waals surface area contributed by atoms with E-state index in [4.69, 9.17) is 4.74 Å². The molecule has 0 unspecified atom stereocenters. The number of halogens is 2. The number of hydrogen-bond donors (Lipinski definition) is 1. The molecule has 164 valence electrons. The lowest BCUT2D eigenvalue weighted by Crippen LogP contribution is -2.20. The third-order valence-electron chi connectivity index (χ3n) is 4.05. The van der Waals surface area contributed by atoms with E-state index in [2.05, 4.69) is 19.7 Å². The van der Waals surface area contributed by atoms with Gasteiger partial charge in [0.05, 0.1) is 5.75 Å². The minimum Gasteiger partial charge on any atom is -0.421 e. The van der Waals surface area contributed by atoms with Gasteiger partial charge in [-0.15, -0.1) is 0 Å². The second-order valence-corrected chi connectivity index (χ2v) is 8.53. The van der Waals surface area contributed by atoms with Crippen LogP contribution in [-0.2, 0) is 17.1 Å². The summed E-state index contributed by atoms with van der Waals surface area (Å²) in [5.41, 5.74) is 0.550. The molecule has 2 heterocycles. The molecule has 12 heteroatoms. The molecule has 0 atom stereocenters. The zero-order valence-corrected chi connectivity index (χ0v) is 17.7. The van der Waals surface area contributed by atoms with Gasteiger partial charge < -0.3 is 9.30 Å². The number of sulfonamides is 1. The molecule has 3 aromatic rings. The Kier molecular flexibility index (Phi) is 6.29. The summed E-state index contributed by atoms with van der Waals surface area (Å²) < 4.78 is 60.3. The summed E-state index contributed by atoms with van der Waals surface area (Å²) in [6.45, 7) is 3.29. The molecular formula is C19H19F2N5O4S. The summed E-state index contributed by atoms with van der Waals surface area (Å²) in [7, 11) is -2.21. The molecule has 0 bridgehead atoms. The van der Waals surface area contributed by atoms with Crippen molar-refractivity contribution in [3.63, 3.8) is 0 Å². The van der Waals surface area contributed by atoms with Gasteiger partial charge in [-0.05, 0) is 31.5 Å². The molecule has 0 saturated carbocycles. The summed E-state index contributed by atoms with van der Waals surface area (Å²) in [6, 6.07) is 3.76. The van der Waals surface area contributed by atoms with Crippen molar-refractivity contribution in [3.8, 4) is 23.1 Å². The Morgan fingerprint density at radius 3 is 2.55 bits per heavy atom. The van der Waals surface area contributed by atoms with Gasteiger partial charge in [0.1, 0.15) is 5.82 Å². The van der Waals surface area contributed by atoms with Crippen molar-refractivity contribution in [2.45, 2.75) is 20.3 Å². The number of nitrogens with zero attached hydrogens (tertiary/aromatic N) is 4. The highest BCUT2D eigenvalue weighted by atomic mass is 32.2. The van der Waals surface area contributed by atoms with Crippen LogP contribution in [0.2, 0.25) is 0 Å². The Hall–Kier alpha value is -3.41. The molecule has 9 nitrogen and oxygen atoms in total. The minimum atomic E-state index is -3.75. The lowest BCUT2D eigenvalue weighted by atomic mass is 10.2. The molecule has 0 aliphatic carbocycles. The van der Waals surface area contributed by atoms with Crippen molar-refractivity contribution in [2.75, 3.05) is 10.5 Å². The van der Waals surface area contributed by atoms with Crippen LogP contribution in [0.15, 0.2) is 35.3 Å². The van der Waals surface area contributed by atoms with Gasteiger partial charge in [-0.3, -0.25) is 9.52 Å². The van der Waals surface area contributed by atoms with Crippen molar-refractivity contribution in [2.24, 2.45) is 7.05 Å². The number of nitrogens with one attached hydrogen (secondary N) is 1. The minimum absolute atomic E-state index is 0.0135. The van der Waals surface area contributed by atoms with E-state index in [1.807, 2.05) is 0 Å². The van der Waals surface area contributed by atoms with E-state index in [1.165, 1.54) is 23.9 Å². The highest BCUT2D eigenvalue weighted by molar-refractivity contribution is 7.92. The quantitative estimate of drug-likeness (QED) is 0.587. The molecule has 0 aliphatic heterocycles. The molecule has 0 saturated heterocycles. The summed E-state index contributed by atoms with van der Waals surface area (Å²) in [5, 5.41) is 0. The maximum absolute atomic E-state index is 14.0. The molecule has 0 radical (unpaired) electrons. The first kappa shape index (κ1) is 22.3. The summed E-state index contributed by atoms with van der Waals surface area (Å²) in [5.74, 6) is -2.68. The highest BCUT2D eigenvalue weighted by Crippen LogP contribution is 2.25. The van der Waals surface area contributed by atoms with Crippen LogP contribution in [0.4, 0.5) is 14.7 Å². The van der Waals surface area contributed by atoms with Gasteiger partial charge in [-0.2, -0.15) is 15.0 Å². The van der Waals surface area contributed by atoms with Crippen LogP contribution in [0, 0.1) is 18.6 Å². The van der Waals surface area contributed by atoms with Crippen LogP contribution in [0.25, 0.3) is 11.4 Å². The Bertz CT molecular complexity index is 1270. The number of hydrogen-bond acceptors (Lipinski definition) is 7. The molecule has 0 fully saturated rings. The molecule has 31 heavy (non-hydrogen) atoms. The fraction of sp³-hybridized carbons (Fsp3) is 0.263. The number of aromatic nitrogens is 4. The van der Waals surface area contributed by atoms with Gasteiger partial charge in [0.2, 0.25) is 16.0 Å². The maximum Gasteiger partial charge on any atom is 0.327 e. The largest absolute Gasteiger partial charge is 0.421 e. The van der Waals surface area contributed by atoms with Crippen LogP contribution in [-0.4, -0.2) is 33.7 Å². The summed E-state index contributed by atoms with van der Waals surface area (Å²) >= 11 is 0. The van der Waals surface area contributed by atoms with E-state index >= 15 is 0 Å². The van der Waals surface area contributed by atoms with E-state index < -0.39 is 27.7 Å². The van der Waals surface area contributed by atoms with Crippen LogP contribution < -0.4 is 15.0 Å². The molecule has 0 amide bonds. The molecule has 0 spiro atoms. The average Bonchev–Trinajstić information content (AvgIpc) is 2.67. The Labute approximate surface area is 176 Å². The van der Waals surface area contributed by atoms with Crippen LogP contribution in [0.3, 0.4) is 0 Å². The predicted octanol–water partition coefficient (Wildman–Crippen LogP) is 2.77. The standard InChI is InChI=1S/C19H19F2N5O4S/c1-4-7-31(28,29)25-18-22-16(12-8-11(2)17(27)26(3)10-12)23-19(24-18)30-15-6-5-13(20)9-14(15)21/h5-6,8-10H,4,7H2,1-3H3,(H,22,23,24,25). The molecule has 0 aliphatic rings. The van der Waals surface area contributed by atoms with Crippen LogP contribution in [0.5, 0.6) is 11.8 Å². The second-order valence-electron chi connectivity index (χ2n) is 6.69. The van der Waals surface area contributed by atoms with Gasteiger partial charge in [0.15, 0.2) is 17.4 Å². The lowest BCUT2D eigenvalue weighted by molar-refractivity contribution is 0.407. The highest BCUT2D eigenvalue weighted by Gasteiger charge is 2.17. The Morgan fingerprint density at radius 2 is 1.90 bits per heavy atom. The normalized spacial score (nSPS) is 11.4. The summed E-state index contributed by atoms with van der Waals surface area (Å²) in [4.78, 5) is 24.1. The summed E-state index contributed by atoms with van der Waals surface area (Å²) in [6.07, 6.45) is 1.81. The van der Waals surface area contributed by atoms with E-state index in [0.29, 0.717) is 23.6 Å². The number of pyridine rings is 1. The zero-order valence-electron chi connectivity index (χ0n) is 16.9. The SMILES string of the molecule is CCCS(=O)(=O)Nc1nc(Oc2ccc(F)cc2F)nc(-c2cc(C)c(=O)n(C)c2)n1. The monoisotopic (exact) mass is 451 g/mol. The third-order valence-corrected chi connectivity index (χ3v) is 5.49. The molecular weight excluding hydrogens is 432 g/mol. The van der Waals surface area contributed by atoms with Gasteiger partial charge in [0, 0.05) is 30.4 Å². The number of rotatable bonds is 7. The van der Waals surface area contributed by atoms with Gasteiger partial charge in [-0.1, -0.05) is 6.92 Å². The van der Waals surface area contributed by atoms with Crippen molar-refractivity contribution in [3.05, 3.63) is 58.0 Å². The first-order valence-electron chi connectivity index (χ1n) is 9.15. The van der Waals surface area contributed by atoms with E-state index in [-0.39, 0.29) is 28.8 Å². The van der Waals surface area contributed by atoms with Crippen LogP contribution >= 0.6 is 0 Å². The second kappa shape index (κ2) is 8.76. The van der Waals surface area contributed by atoms with E-state index in [9.17, 15) is 22.0 Å². The maximum atomic E-state index is 14.0. The Balaban J connectivity index is 2.10. The smallest absolute Gasteiger partial charge is 0.327 e. The topological polar surface area (TPSA) is 116 Å². The molecule has 3 rings (SSSR count). The molecule has 1 N–H and O–H groups in total. The first-order valence-corrected chi connectivity index (χ1v) is 10.8. The molecule has 1 aromatic carbocycles. The van der Waals surface area contributed by atoms with Gasteiger partial charge in [-0.25, -0.2) is 17.2 Å². The van der Waals surface area contributed by atoms with Gasteiger partial charge >= 0.3 is 6.01 Å². The third kappa shape index (κ3) is 5.40. The Morgan fingerprint density at radius 1 is 1.16 bits per heavy atom. The number of anilines is 1. The van der Waals surface area contributed by atoms with Crippen molar-refractivity contribution in [1.29, 1.82) is 0 Å². The fourth-order valence-corrected chi connectivity index (χ4v) is 3.70. The van der Waals surface area contributed by atoms with Gasteiger partial charge in [0.25, 0.3) is 5.56 Å². The first-order chi connectivity index (χ1) is 14.6. The van der Waals surface area contributed by atoms with E-state index in [1.54, 1.807) is 13.8 Å². The number of ether oxygens (including phenoxy) is 1. The zero-order chi connectivity index (χ0) is 22.8. The van der Waals surface area contributed by atoms with Crippen molar-refractivity contribution >= 4 is 16.0 Å². The predicted molar refractivity (Wildman–Crippen MR) is 109 cm³/mol. The van der Waals surface area contributed by atoms with Crippen molar-refractivity contribution in [1.82, 2.24) is 19.5 Å². The number of benzene rings is 1.